The molecule has 0 spiro atoms. The number of nitrogens with zero attached hydrogens (tertiary/aromatic N) is 2. The SMILES string of the molecule is CCc1cc(C(=O)NC(CN2CCCC2)c2ccccc2)n[nH]1. The molecular formula is C18H24N4O. The Labute approximate surface area is 137 Å². The van der Waals surface area contributed by atoms with Crippen LogP contribution in [0.4, 0.5) is 0 Å². The van der Waals surface area contributed by atoms with Gasteiger partial charge in [-0.25, -0.2) is 0 Å². The highest BCUT2D eigenvalue weighted by Gasteiger charge is 2.22. The van der Waals surface area contributed by atoms with Crippen molar-refractivity contribution in [1.82, 2.24) is 20.4 Å². The Balaban J connectivity index is 1.73. The molecule has 1 amide bonds. The first-order chi connectivity index (χ1) is 11.3. The van der Waals surface area contributed by atoms with E-state index in [0.717, 1.165) is 37.3 Å². The van der Waals surface area contributed by atoms with Crippen LogP contribution in [-0.2, 0) is 6.42 Å². The first-order valence-electron chi connectivity index (χ1n) is 8.38. The highest BCUT2D eigenvalue weighted by Crippen LogP contribution is 2.18. The molecule has 0 radical (unpaired) electrons. The minimum atomic E-state index is -0.117. The van der Waals surface area contributed by atoms with Crippen molar-refractivity contribution in [2.24, 2.45) is 0 Å². The van der Waals surface area contributed by atoms with Crippen LogP contribution in [0.25, 0.3) is 0 Å². The number of carbonyl (C=O) groups excluding carboxylic acids is 1. The molecule has 0 aliphatic carbocycles. The molecule has 1 aliphatic heterocycles. The fourth-order valence-corrected chi connectivity index (χ4v) is 3.03. The lowest BCUT2D eigenvalue weighted by atomic mass is 10.1. The van der Waals surface area contributed by atoms with Gasteiger partial charge in [-0.1, -0.05) is 37.3 Å². The highest BCUT2D eigenvalue weighted by atomic mass is 16.2. The molecule has 23 heavy (non-hydrogen) atoms. The van der Waals surface area contributed by atoms with E-state index in [0.29, 0.717) is 5.69 Å². The van der Waals surface area contributed by atoms with E-state index in [4.69, 9.17) is 0 Å². The molecule has 0 bridgehead atoms. The third-order valence-corrected chi connectivity index (χ3v) is 4.39. The second kappa shape index (κ2) is 7.42. The minimum absolute atomic E-state index is 0.0106. The molecule has 1 saturated heterocycles. The van der Waals surface area contributed by atoms with E-state index >= 15 is 0 Å². The Morgan fingerprint density at radius 3 is 2.70 bits per heavy atom. The zero-order valence-electron chi connectivity index (χ0n) is 13.6. The highest BCUT2D eigenvalue weighted by molar-refractivity contribution is 5.92. The average Bonchev–Trinajstić information content (AvgIpc) is 3.26. The number of carbonyl (C=O) groups is 1. The average molecular weight is 312 g/mol. The number of benzene rings is 1. The van der Waals surface area contributed by atoms with Gasteiger partial charge in [0.1, 0.15) is 5.69 Å². The summed E-state index contributed by atoms with van der Waals surface area (Å²) in [5, 5.41) is 10.2. The lowest BCUT2D eigenvalue weighted by Crippen LogP contribution is -2.37. The maximum atomic E-state index is 12.5. The molecule has 1 atom stereocenters. The Morgan fingerprint density at radius 1 is 1.30 bits per heavy atom. The Hall–Kier alpha value is -2.14. The summed E-state index contributed by atoms with van der Waals surface area (Å²) in [6.07, 6.45) is 3.33. The number of hydrogen-bond donors (Lipinski definition) is 2. The predicted octanol–water partition coefficient (Wildman–Crippen LogP) is 2.54. The van der Waals surface area contributed by atoms with Crippen LogP contribution in [0.15, 0.2) is 36.4 Å². The van der Waals surface area contributed by atoms with Crippen LogP contribution in [0.1, 0.15) is 47.6 Å². The smallest absolute Gasteiger partial charge is 0.272 e. The molecule has 1 aliphatic rings. The maximum Gasteiger partial charge on any atom is 0.272 e. The molecule has 2 heterocycles. The number of amides is 1. The van der Waals surface area contributed by atoms with E-state index in [1.807, 2.05) is 31.2 Å². The fourth-order valence-electron chi connectivity index (χ4n) is 3.03. The van der Waals surface area contributed by atoms with Gasteiger partial charge in [-0.05, 0) is 44.0 Å². The van der Waals surface area contributed by atoms with Gasteiger partial charge < -0.3 is 10.2 Å². The van der Waals surface area contributed by atoms with E-state index < -0.39 is 0 Å². The van der Waals surface area contributed by atoms with Gasteiger partial charge in [0.15, 0.2) is 0 Å². The lowest BCUT2D eigenvalue weighted by molar-refractivity contribution is 0.0922. The van der Waals surface area contributed by atoms with E-state index in [2.05, 4.69) is 32.5 Å². The Morgan fingerprint density at radius 2 is 2.04 bits per heavy atom. The van der Waals surface area contributed by atoms with Crippen LogP contribution in [-0.4, -0.2) is 40.6 Å². The van der Waals surface area contributed by atoms with Crippen molar-refractivity contribution < 1.29 is 4.79 Å². The van der Waals surface area contributed by atoms with Crippen molar-refractivity contribution in [2.75, 3.05) is 19.6 Å². The molecule has 1 aromatic carbocycles. The quantitative estimate of drug-likeness (QED) is 0.861. The van der Waals surface area contributed by atoms with E-state index in [1.165, 1.54) is 12.8 Å². The van der Waals surface area contributed by atoms with Crippen molar-refractivity contribution in [3.8, 4) is 0 Å². The van der Waals surface area contributed by atoms with Gasteiger partial charge in [0.2, 0.25) is 0 Å². The number of aromatic amines is 1. The van der Waals surface area contributed by atoms with Gasteiger partial charge in [0.05, 0.1) is 6.04 Å². The minimum Gasteiger partial charge on any atom is -0.343 e. The summed E-state index contributed by atoms with van der Waals surface area (Å²) in [7, 11) is 0. The van der Waals surface area contributed by atoms with Crippen molar-refractivity contribution >= 4 is 5.91 Å². The third kappa shape index (κ3) is 3.99. The van der Waals surface area contributed by atoms with Gasteiger partial charge in [-0.2, -0.15) is 5.10 Å². The Bertz CT molecular complexity index is 631. The first-order valence-corrected chi connectivity index (χ1v) is 8.38. The zero-order chi connectivity index (χ0) is 16.1. The molecule has 2 N–H and O–H groups in total. The van der Waals surface area contributed by atoms with Gasteiger partial charge in [0.25, 0.3) is 5.91 Å². The topological polar surface area (TPSA) is 61.0 Å². The number of rotatable bonds is 6. The van der Waals surface area contributed by atoms with Crippen molar-refractivity contribution in [3.05, 3.63) is 53.3 Å². The predicted molar refractivity (Wildman–Crippen MR) is 90.3 cm³/mol. The number of aryl methyl sites for hydroxylation is 1. The summed E-state index contributed by atoms with van der Waals surface area (Å²) in [4.78, 5) is 14.9. The van der Waals surface area contributed by atoms with Crippen LogP contribution in [0, 0.1) is 0 Å². The largest absolute Gasteiger partial charge is 0.343 e. The molecule has 2 aromatic rings. The standard InChI is InChI=1S/C18H24N4O/c1-2-15-12-16(21-20-15)18(23)19-17(13-22-10-6-7-11-22)14-8-4-3-5-9-14/h3-5,8-9,12,17H,2,6-7,10-11,13H2,1H3,(H,19,23)(H,20,21). The van der Waals surface area contributed by atoms with E-state index in [1.54, 1.807) is 0 Å². The molecule has 5 nitrogen and oxygen atoms in total. The zero-order valence-corrected chi connectivity index (χ0v) is 13.6. The molecule has 1 unspecified atom stereocenters. The second-order valence-corrected chi connectivity index (χ2v) is 6.08. The molecule has 0 saturated carbocycles. The number of nitrogens with one attached hydrogen (secondary N) is 2. The van der Waals surface area contributed by atoms with Crippen LogP contribution < -0.4 is 5.32 Å². The monoisotopic (exact) mass is 312 g/mol. The molecule has 1 fully saturated rings. The maximum absolute atomic E-state index is 12.5. The van der Waals surface area contributed by atoms with Crippen molar-refractivity contribution in [3.63, 3.8) is 0 Å². The van der Waals surface area contributed by atoms with Crippen molar-refractivity contribution in [2.45, 2.75) is 32.2 Å². The molecular weight excluding hydrogens is 288 g/mol. The van der Waals surface area contributed by atoms with Crippen LogP contribution in [0.2, 0.25) is 0 Å². The molecule has 1 aromatic heterocycles. The summed E-state index contributed by atoms with van der Waals surface area (Å²) in [6, 6.07) is 12.0. The van der Waals surface area contributed by atoms with Crippen molar-refractivity contribution in [1.29, 1.82) is 0 Å². The van der Waals surface area contributed by atoms with E-state index in [-0.39, 0.29) is 11.9 Å². The number of H-pyrrole nitrogens is 1. The van der Waals surface area contributed by atoms with Gasteiger partial charge >= 0.3 is 0 Å². The van der Waals surface area contributed by atoms with E-state index in [9.17, 15) is 4.79 Å². The third-order valence-electron chi connectivity index (χ3n) is 4.39. The summed E-state index contributed by atoms with van der Waals surface area (Å²) in [5.74, 6) is -0.117. The Kier molecular flexibility index (Phi) is 5.08. The lowest BCUT2D eigenvalue weighted by Gasteiger charge is -2.24. The van der Waals surface area contributed by atoms with Crippen LogP contribution in [0.5, 0.6) is 0 Å². The first kappa shape index (κ1) is 15.7. The molecule has 3 rings (SSSR count). The number of aromatic nitrogens is 2. The normalized spacial score (nSPS) is 16.4. The van der Waals surface area contributed by atoms with Gasteiger partial charge in [0, 0.05) is 12.2 Å². The molecule has 122 valence electrons. The number of likely N-dealkylation sites (tertiary alicyclic amines) is 1. The second-order valence-electron chi connectivity index (χ2n) is 6.08. The summed E-state index contributed by atoms with van der Waals surface area (Å²) < 4.78 is 0. The van der Waals surface area contributed by atoms with Crippen LogP contribution in [0.3, 0.4) is 0 Å². The fraction of sp³-hybridized carbons (Fsp3) is 0.444. The van der Waals surface area contributed by atoms with Crippen LogP contribution >= 0.6 is 0 Å². The molecule has 5 heteroatoms. The van der Waals surface area contributed by atoms with Gasteiger partial charge in [-0.3, -0.25) is 9.89 Å². The summed E-state index contributed by atoms with van der Waals surface area (Å²) in [6.45, 7) is 5.11. The summed E-state index contributed by atoms with van der Waals surface area (Å²) >= 11 is 0. The summed E-state index contributed by atoms with van der Waals surface area (Å²) in [5.41, 5.74) is 2.58. The van der Waals surface area contributed by atoms with Gasteiger partial charge in [-0.15, -0.1) is 0 Å². The number of hydrogen-bond acceptors (Lipinski definition) is 3.